The summed E-state index contributed by atoms with van der Waals surface area (Å²) in [6.07, 6.45) is 15.8. The molecule has 0 aromatic rings. The Hall–Kier alpha value is -1.42. The summed E-state index contributed by atoms with van der Waals surface area (Å²) in [4.78, 5) is 12.6. The summed E-state index contributed by atoms with van der Waals surface area (Å²) in [6.45, 7) is 17.0. The van der Waals surface area contributed by atoms with Crippen LogP contribution in [-0.4, -0.2) is 31.3 Å². The third kappa shape index (κ3) is 14.8. The third-order valence-electron chi connectivity index (χ3n) is 5.57. The summed E-state index contributed by atoms with van der Waals surface area (Å²) < 4.78 is 23.7. The van der Waals surface area contributed by atoms with E-state index in [9.17, 15) is 9.36 Å². The highest BCUT2D eigenvalue weighted by atomic mass is 31.2. The molecule has 0 bridgehead atoms. The maximum absolute atomic E-state index is 12.9. The molecule has 0 aliphatic rings. The molecule has 0 aliphatic heterocycles. The Labute approximate surface area is 209 Å². The summed E-state index contributed by atoms with van der Waals surface area (Å²) in [5.74, 6) is -0.281. The van der Waals surface area contributed by atoms with Crippen molar-refractivity contribution in [2.75, 3.05) is 19.8 Å². The van der Waals surface area contributed by atoms with Crippen LogP contribution in [0.4, 0.5) is 0 Å². The van der Waals surface area contributed by atoms with Crippen molar-refractivity contribution < 1.29 is 18.4 Å². The van der Waals surface area contributed by atoms with Gasteiger partial charge in [0, 0.05) is 6.54 Å². The SMILES string of the molecule is CCOP(=O)(OCC)C(CC)C(=O)NC/C=C(\C)CC/C=C(\C)CC/C=C(\C)CCC=C(C)C. The van der Waals surface area contributed by atoms with Crippen molar-refractivity contribution >= 4 is 13.5 Å². The van der Waals surface area contributed by atoms with Crippen LogP contribution < -0.4 is 5.32 Å². The summed E-state index contributed by atoms with van der Waals surface area (Å²) in [5.41, 5.74) is 4.72. The number of allylic oxidation sites excluding steroid dienone is 7. The molecule has 0 aromatic heterocycles. The first-order valence-corrected chi connectivity index (χ1v) is 14.5. The van der Waals surface area contributed by atoms with Gasteiger partial charge in [0.2, 0.25) is 5.91 Å². The molecule has 0 aromatic carbocycles. The summed E-state index contributed by atoms with van der Waals surface area (Å²) >= 11 is 0. The minimum absolute atomic E-state index is 0.249. The van der Waals surface area contributed by atoms with Gasteiger partial charge in [-0.2, -0.15) is 0 Å². The van der Waals surface area contributed by atoms with Crippen LogP contribution in [0.15, 0.2) is 46.6 Å². The van der Waals surface area contributed by atoms with Gasteiger partial charge in [-0.15, -0.1) is 0 Å². The van der Waals surface area contributed by atoms with Gasteiger partial charge < -0.3 is 14.4 Å². The average molecular weight is 496 g/mol. The van der Waals surface area contributed by atoms with Crippen molar-refractivity contribution in [1.29, 1.82) is 0 Å². The van der Waals surface area contributed by atoms with E-state index in [1.807, 2.05) is 13.0 Å². The van der Waals surface area contributed by atoms with E-state index in [4.69, 9.17) is 9.05 Å². The molecule has 0 aliphatic carbocycles. The van der Waals surface area contributed by atoms with Gasteiger partial charge in [-0.3, -0.25) is 9.36 Å². The first kappa shape index (κ1) is 32.6. The van der Waals surface area contributed by atoms with Crippen LogP contribution in [0.2, 0.25) is 0 Å². The molecule has 0 saturated carbocycles. The number of hydrogen-bond acceptors (Lipinski definition) is 4. The predicted octanol–water partition coefficient (Wildman–Crippen LogP) is 8.29. The number of nitrogens with one attached hydrogen (secondary N) is 1. The highest BCUT2D eigenvalue weighted by Gasteiger charge is 2.39. The quantitative estimate of drug-likeness (QED) is 0.153. The van der Waals surface area contributed by atoms with E-state index in [0.717, 1.165) is 38.5 Å². The second-order valence-electron chi connectivity index (χ2n) is 9.09. The standard InChI is InChI=1S/C28H50NO4P/c1-9-27(34(31,32-10-2)33-11-3)28(30)29-22-21-26(8)20-14-19-25(7)18-13-17-24(6)16-12-15-23(4)5/h15,17,19,21,27H,9-14,16,18,20,22H2,1-8H3,(H,29,30)/b24-17+,25-19+,26-21+. The van der Waals surface area contributed by atoms with Crippen molar-refractivity contribution in [3.63, 3.8) is 0 Å². The molecule has 196 valence electrons. The molecule has 1 amide bonds. The van der Waals surface area contributed by atoms with Gasteiger partial charge >= 0.3 is 7.60 Å². The zero-order valence-corrected chi connectivity index (χ0v) is 23.9. The largest absolute Gasteiger partial charge is 0.352 e. The molecule has 1 atom stereocenters. The van der Waals surface area contributed by atoms with Crippen molar-refractivity contribution in [1.82, 2.24) is 5.32 Å². The topological polar surface area (TPSA) is 64.6 Å². The first-order valence-electron chi connectivity index (χ1n) is 12.9. The van der Waals surface area contributed by atoms with E-state index in [-0.39, 0.29) is 19.1 Å². The molecule has 34 heavy (non-hydrogen) atoms. The lowest BCUT2D eigenvalue weighted by Crippen LogP contribution is -2.35. The fraction of sp³-hybridized carbons (Fsp3) is 0.679. The van der Waals surface area contributed by atoms with E-state index >= 15 is 0 Å². The van der Waals surface area contributed by atoms with Crippen LogP contribution >= 0.6 is 7.60 Å². The van der Waals surface area contributed by atoms with Gasteiger partial charge in [0.1, 0.15) is 5.66 Å². The minimum Gasteiger partial charge on any atom is -0.352 e. The van der Waals surface area contributed by atoms with Gasteiger partial charge in [0.15, 0.2) is 0 Å². The molecule has 1 unspecified atom stereocenters. The van der Waals surface area contributed by atoms with E-state index < -0.39 is 13.3 Å². The fourth-order valence-electron chi connectivity index (χ4n) is 3.56. The summed E-state index contributed by atoms with van der Waals surface area (Å²) in [7, 11) is -3.45. The van der Waals surface area contributed by atoms with Gasteiger partial charge in [-0.1, -0.05) is 53.5 Å². The predicted molar refractivity (Wildman–Crippen MR) is 146 cm³/mol. The minimum atomic E-state index is -3.45. The van der Waals surface area contributed by atoms with E-state index in [1.54, 1.807) is 13.8 Å². The van der Waals surface area contributed by atoms with E-state index in [0.29, 0.717) is 13.0 Å². The van der Waals surface area contributed by atoms with Gasteiger partial charge in [0.25, 0.3) is 0 Å². The highest BCUT2D eigenvalue weighted by molar-refractivity contribution is 7.55. The lowest BCUT2D eigenvalue weighted by molar-refractivity contribution is -0.120. The smallest absolute Gasteiger partial charge is 0.343 e. The van der Waals surface area contributed by atoms with Crippen molar-refractivity contribution in [2.45, 2.75) is 106 Å². The maximum atomic E-state index is 12.9. The second kappa shape index (κ2) is 18.9. The first-order chi connectivity index (χ1) is 16.1. The molecule has 0 saturated heterocycles. The Morgan fingerprint density at radius 2 is 1.21 bits per heavy atom. The molecule has 0 heterocycles. The molecular weight excluding hydrogens is 445 g/mol. The van der Waals surface area contributed by atoms with E-state index in [1.165, 1.54) is 22.3 Å². The number of rotatable bonds is 18. The molecule has 1 N–H and O–H groups in total. The number of hydrogen-bond donors (Lipinski definition) is 1. The fourth-order valence-corrected chi connectivity index (χ4v) is 5.54. The van der Waals surface area contributed by atoms with Gasteiger partial charge in [-0.05, 0) is 93.4 Å². The van der Waals surface area contributed by atoms with E-state index in [2.05, 4.69) is 58.2 Å². The van der Waals surface area contributed by atoms with Crippen molar-refractivity contribution in [2.24, 2.45) is 0 Å². The normalized spacial score (nSPS) is 14.2. The Balaban J connectivity index is 4.48. The van der Waals surface area contributed by atoms with Crippen LogP contribution in [0.25, 0.3) is 0 Å². The lowest BCUT2D eigenvalue weighted by atomic mass is 10.0. The zero-order chi connectivity index (χ0) is 26.0. The van der Waals surface area contributed by atoms with Gasteiger partial charge in [0.05, 0.1) is 13.2 Å². The lowest BCUT2D eigenvalue weighted by Gasteiger charge is -2.24. The molecule has 0 spiro atoms. The Kier molecular flexibility index (Phi) is 18.1. The van der Waals surface area contributed by atoms with Crippen LogP contribution in [0.1, 0.15) is 100 Å². The Morgan fingerprint density at radius 3 is 1.62 bits per heavy atom. The molecular formula is C28H50NO4P. The number of amides is 1. The Morgan fingerprint density at radius 1 is 0.765 bits per heavy atom. The average Bonchev–Trinajstić information content (AvgIpc) is 2.74. The molecule has 0 rings (SSSR count). The molecule has 5 nitrogen and oxygen atoms in total. The van der Waals surface area contributed by atoms with Gasteiger partial charge in [-0.25, -0.2) is 0 Å². The van der Waals surface area contributed by atoms with Crippen LogP contribution in [0.3, 0.4) is 0 Å². The monoisotopic (exact) mass is 495 g/mol. The van der Waals surface area contributed by atoms with Crippen molar-refractivity contribution in [3.8, 4) is 0 Å². The second-order valence-corrected chi connectivity index (χ2v) is 11.3. The molecule has 6 heteroatoms. The highest BCUT2D eigenvalue weighted by Crippen LogP contribution is 2.54. The van der Waals surface area contributed by atoms with Crippen LogP contribution in [0, 0.1) is 0 Å². The maximum Gasteiger partial charge on any atom is 0.343 e. The summed E-state index contributed by atoms with van der Waals surface area (Å²) in [5, 5.41) is 2.87. The Bertz CT molecular complexity index is 750. The molecule has 0 fully saturated rings. The number of carbonyl (C=O) groups excluding carboxylic acids is 1. The third-order valence-corrected chi connectivity index (χ3v) is 8.17. The van der Waals surface area contributed by atoms with Crippen LogP contribution in [-0.2, 0) is 18.4 Å². The van der Waals surface area contributed by atoms with Crippen LogP contribution in [0.5, 0.6) is 0 Å². The number of carbonyl (C=O) groups is 1. The zero-order valence-electron chi connectivity index (χ0n) is 23.0. The summed E-state index contributed by atoms with van der Waals surface area (Å²) in [6, 6.07) is 0. The molecule has 0 radical (unpaired) electrons. The van der Waals surface area contributed by atoms with Crippen molar-refractivity contribution in [3.05, 3.63) is 46.6 Å².